The van der Waals surface area contributed by atoms with Crippen LogP contribution in [0.2, 0.25) is 0 Å². The van der Waals surface area contributed by atoms with Crippen molar-refractivity contribution < 1.29 is 0 Å². The number of hydrogen-bond donors (Lipinski definition) is 1. The maximum Gasteiger partial charge on any atom is 0.191 e. The monoisotopic (exact) mass is 372 g/mol. The standard InChI is InChI=1S/C19H28N6S/c1-16(23(2)15-17-6-4-3-5-7-17)14-22-18(20)24-9-11-25(12-10-24)19-21-8-13-26-19/h3-8,13,16H,9-12,14-15H2,1-2H3,(H2,20,22). The zero-order valence-corrected chi connectivity index (χ0v) is 16.4. The number of rotatable bonds is 6. The molecule has 1 aliphatic rings. The lowest BCUT2D eigenvalue weighted by atomic mass is 10.2. The van der Waals surface area contributed by atoms with Gasteiger partial charge in [0.15, 0.2) is 11.1 Å². The third kappa shape index (κ3) is 4.95. The van der Waals surface area contributed by atoms with Crippen molar-refractivity contribution in [3.05, 3.63) is 47.5 Å². The van der Waals surface area contributed by atoms with Gasteiger partial charge in [-0.2, -0.15) is 0 Å². The Bertz CT molecular complexity index is 679. The highest BCUT2D eigenvalue weighted by Crippen LogP contribution is 2.18. The molecule has 2 aromatic rings. The number of guanidine groups is 1. The number of aromatic nitrogens is 1. The average Bonchev–Trinajstić information content (AvgIpc) is 3.21. The van der Waals surface area contributed by atoms with Crippen LogP contribution in [0.3, 0.4) is 0 Å². The summed E-state index contributed by atoms with van der Waals surface area (Å²) in [6.07, 6.45) is 1.86. The van der Waals surface area contributed by atoms with Crippen LogP contribution in [-0.2, 0) is 6.54 Å². The lowest BCUT2D eigenvalue weighted by Gasteiger charge is -2.35. The third-order valence-electron chi connectivity index (χ3n) is 4.84. The molecule has 7 heteroatoms. The predicted molar refractivity (Wildman–Crippen MR) is 110 cm³/mol. The van der Waals surface area contributed by atoms with Crippen molar-refractivity contribution >= 4 is 22.4 Å². The lowest BCUT2D eigenvalue weighted by molar-refractivity contribution is 0.254. The minimum Gasteiger partial charge on any atom is -0.370 e. The van der Waals surface area contributed by atoms with Crippen LogP contribution in [0.25, 0.3) is 0 Å². The summed E-state index contributed by atoms with van der Waals surface area (Å²) in [5.74, 6) is 0.656. The van der Waals surface area contributed by atoms with Gasteiger partial charge in [0.2, 0.25) is 0 Å². The smallest absolute Gasteiger partial charge is 0.191 e. The van der Waals surface area contributed by atoms with Crippen molar-refractivity contribution in [3.8, 4) is 0 Å². The van der Waals surface area contributed by atoms with Crippen LogP contribution in [0.5, 0.6) is 0 Å². The van der Waals surface area contributed by atoms with E-state index in [1.807, 2.05) is 17.6 Å². The summed E-state index contributed by atoms with van der Waals surface area (Å²) in [6, 6.07) is 10.9. The van der Waals surface area contributed by atoms with E-state index in [0.717, 1.165) is 37.9 Å². The fraction of sp³-hybridized carbons (Fsp3) is 0.474. The van der Waals surface area contributed by atoms with E-state index in [4.69, 9.17) is 5.73 Å². The topological polar surface area (TPSA) is 61.0 Å². The number of hydrogen-bond acceptors (Lipinski definition) is 5. The second-order valence-electron chi connectivity index (χ2n) is 6.74. The van der Waals surface area contributed by atoms with Gasteiger partial charge in [-0.1, -0.05) is 30.3 Å². The molecule has 1 atom stereocenters. The minimum absolute atomic E-state index is 0.338. The fourth-order valence-corrected chi connectivity index (χ4v) is 3.69. The Labute approximate surface area is 160 Å². The van der Waals surface area contributed by atoms with Gasteiger partial charge in [-0.05, 0) is 19.5 Å². The molecule has 6 nitrogen and oxygen atoms in total. The normalized spacial score (nSPS) is 17.0. The van der Waals surface area contributed by atoms with Gasteiger partial charge in [-0.3, -0.25) is 9.89 Å². The molecule has 1 saturated heterocycles. The highest BCUT2D eigenvalue weighted by atomic mass is 32.1. The van der Waals surface area contributed by atoms with Crippen LogP contribution >= 0.6 is 11.3 Å². The van der Waals surface area contributed by atoms with E-state index in [9.17, 15) is 0 Å². The molecule has 0 radical (unpaired) electrons. The van der Waals surface area contributed by atoms with Crippen molar-refractivity contribution in [2.24, 2.45) is 10.7 Å². The molecular formula is C19H28N6S. The maximum atomic E-state index is 6.24. The summed E-state index contributed by atoms with van der Waals surface area (Å²) in [5, 5.41) is 3.11. The molecule has 140 valence electrons. The molecule has 1 fully saturated rings. The Morgan fingerprint density at radius 2 is 2.00 bits per heavy atom. The van der Waals surface area contributed by atoms with Crippen LogP contribution in [0.1, 0.15) is 12.5 Å². The number of nitrogens with zero attached hydrogens (tertiary/aromatic N) is 5. The molecular weight excluding hydrogens is 344 g/mol. The van der Waals surface area contributed by atoms with Crippen LogP contribution in [-0.4, -0.2) is 66.6 Å². The Kier molecular flexibility index (Phi) is 6.46. The third-order valence-corrected chi connectivity index (χ3v) is 5.67. The van der Waals surface area contributed by atoms with Crippen LogP contribution < -0.4 is 10.6 Å². The van der Waals surface area contributed by atoms with Gasteiger partial charge in [-0.25, -0.2) is 4.98 Å². The van der Waals surface area contributed by atoms with E-state index in [1.54, 1.807) is 11.3 Å². The first-order valence-corrected chi connectivity index (χ1v) is 9.95. The van der Waals surface area contributed by atoms with Crippen molar-refractivity contribution in [2.45, 2.75) is 19.5 Å². The molecule has 26 heavy (non-hydrogen) atoms. The van der Waals surface area contributed by atoms with Crippen molar-refractivity contribution in [1.29, 1.82) is 0 Å². The van der Waals surface area contributed by atoms with Gasteiger partial charge in [0.05, 0.1) is 6.54 Å². The second kappa shape index (κ2) is 9.00. The lowest BCUT2D eigenvalue weighted by Crippen LogP contribution is -2.51. The summed E-state index contributed by atoms with van der Waals surface area (Å²) in [6.45, 7) is 7.48. The maximum absolute atomic E-state index is 6.24. The zero-order chi connectivity index (χ0) is 18.4. The molecule has 2 N–H and O–H groups in total. The summed E-state index contributed by atoms with van der Waals surface area (Å²) >= 11 is 1.69. The molecule has 0 aliphatic carbocycles. The number of nitrogens with two attached hydrogens (primary N) is 1. The second-order valence-corrected chi connectivity index (χ2v) is 7.61. The Morgan fingerprint density at radius 1 is 1.27 bits per heavy atom. The first-order valence-electron chi connectivity index (χ1n) is 9.07. The number of benzene rings is 1. The summed E-state index contributed by atoms with van der Waals surface area (Å²) in [7, 11) is 2.14. The quantitative estimate of drug-likeness (QED) is 0.622. The highest BCUT2D eigenvalue weighted by molar-refractivity contribution is 7.13. The van der Waals surface area contributed by atoms with E-state index in [-0.39, 0.29) is 0 Å². The fourth-order valence-electron chi connectivity index (χ4n) is 2.99. The van der Waals surface area contributed by atoms with Gasteiger partial charge in [-0.15, -0.1) is 11.3 Å². The van der Waals surface area contributed by atoms with E-state index in [1.165, 1.54) is 5.56 Å². The largest absolute Gasteiger partial charge is 0.370 e. The highest BCUT2D eigenvalue weighted by Gasteiger charge is 2.20. The van der Waals surface area contributed by atoms with E-state index in [0.29, 0.717) is 18.5 Å². The molecule has 1 aromatic heterocycles. The van der Waals surface area contributed by atoms with Gasteiger partial charge in [0, 0.05) is 50.3 Å². The van der Waals surface area contributed by atoms with Gasteiger partial charge in [0.1, 0.15) is 0 Å². The van der Waals surface area contributed by atoms with E-state index in [2.05, 4.69) is 62.9 Å². The molecule has 1 aromatic carbocycles. The number of anilines is 1. The van der Waals surface area contributed by atoms with Crippen molar-refractivity contribution in [2.75, 3.05) is 44.7 Å². The number of aliphatic imine (C=N–C) groups is 1. The van der Waals surface area contributed by atoms with Crippen LogP contribution in [0, 0.1) is 0 Å². The number of piperazine rings is 1. The number of likely N-dealkylation sites (N-methyl/N-ethyl adjacent to an activating group) is 1. The predicted octanol–water partition coefficient (Wildman–Crippen LogP) is 2.10. The molecule has 0 amide bonds. The molecule has 2 heterocycles. The van der Waals surface area contributed by atoms with E-state index < -0.39 is 0 Å². The van der Waals surface area contributed by atoms with E-state index >= 15 is 0 Å². The number of thiazole rings is 1. The molecule has 0 saturated carbocycles. The first-order chi connectivity index (χ1) is 12.6. The Hall–Kier alpha value is -2.12. The summed E-state index contributed by atoms with van der Waals surface area (Å²) in [5.41, 5.74) is 7.56. The molecule has 1 unspecified atom stereocenters. The first kappa shape index (κ1) is 18.7. The van der Waals surface area contributed by atoms with Gasteiger partial charge >= 0.3 is 0 Å². The summed E-state index contributed by atoms with van der Waals surface area (Å²) < 4.78 is 0. The summed E-state index contributed by atoms with van der Waals surface area (Å²) in [4.78, 5) is 15.8. The molecule has 0 spiro atoms. The average molecular weight is 373 g/mol. The molecule has 1 aliphatic heterocycles. The minimum atomic E-state index is 0.338. The van der Waals surface area contributed by atoms with Gasteiger partial charge < -0.3 is 15.5 Å². The van der Waals surface area contributed by atoms with Crippen molar-refractivity contribution in [3.63, 3.8) is 0 Å². The Morgan fingerprint density at radius 3 is 2.65 bits per heavy atom. The van der Waals surface area contributed by atoms with Crippen LogP contribution in [0.4, 0.5) is 5.13 Å². The Balaban J connectivity index is 1.46. The van der Waals surface area contributed by atoms with Gasteiger partial charge in [0.25, 0.3) is 0 Å². The van der Waals surface area contributed by atoms with Crippen molar-refractivity contribution in [1.82, 2.24) is 14.8 Å². The van der Waals surface area contributed by atoms with Crippen LogP contribution in [0.15, 0.2) is 46.9 Å². The SMILES string of the molecule is CC(CN=C(N)N1CCN(c2nccs2)CC1)N(C)Cc1ccccc1. The molecule has 0 bridgehead atoms. The zero-order valence-electron chi connectivity index (χ0n) is 15.6. The molecule has 3 rings (SSSR count).